The topological polar surface area (TPSA) is 30.0 Å². The lowest BCUT2D eigenvalue weighted by Gasteiger charge is -2.03. The molecule has 0 saturated carbocycles. The molecule has 2 heteroatoms. The molecule has 0 unspecified atom stereocenters. The number of nitrogens with zero attached hydrogens (tertiary/aromatic N) is 1. The van der Waals surface area contributed by atoms with Crippen LogP contribution in [0, 0.1) is 0 Å². The highest BCUT2D eigenvalue weighted by molar-refractivity contribution is 5.48. The van der Waals surface area contributed by atoms with Crippen LogP contribution in [0.4, 0.5) is 0 Å². The van der Waals surface area contributed by atoms with Crippen LogP contribution in [0.5, 0.6) is 0 Å². The first-order valence-corrected chi connectivity index (χ1v) is 8.26. The Labute approximate surface area is 124 Å². The molecule has 0 aliphatic carbocycles. The Hall–Kier alpha value is -1.18. The largest absolute Gasteiger partial charge is 0.303 e. The number of unbranched alkanes of at least 4 members (excludes halogenated alkanes) is 10. The molecule has 0 amide bonds. The van der Waals surface area contributed by atoms with E-state index in [0.717, 1.165) is 19.1 Å². The normalized spacial score (nSPS) is 10.6. The van der Waals surface area contributed by atoms with Gasteiger partial charge in [-0.05, 0) is 30.9 Å². The van der Waals surface area contributed by atoms with Gasteiger partial charge in [0.25, 0.3) is 0 Å². The number of hydrogen-bond acceptors (Lipinski definition) is 2. The highest BCUT2D eigenvalue weighted by Crippen LogP contribution is 2.12. The van der Waals surface area contributed by atoms with Gasteiger partial charge in [0.15, 0.2) is 0 Å². The van der Waals surface area contributed by atoms with Crippen molar-refractivity contribution < 1.29 is 4.79 Å². The molecule has 0 aliphatic heterocycles. The first-order valence-electron chi connectivity index (χ1n) is 8.26. The number of carbonyl (C=O) groups excluding carboxylic acids is 1. The lowest BCUT2D eigenvalue weighted by Crippen LogP contribution is -1.87. The van der Waals surface area contributed by atoms with Crippen LogP contribution in [0.1, 0.15) is 76.2 Å². The van der Waals surface area contributed by atoms with Gasteiger partial charge in [-0.1, -0.05) is 57.4 Å². The Balaban J connectivity index is 1.78. The van der Waals surface area contributed by atoms with Gasteiger partial charge in [0.2, 0.25) is 0 Å². The number of aryl methyl sites for hydroxylation is 1. The average molecular weight is 275 g/mol. The molecule has 0 fully saturated rings. The van der Waals surface area contributed by atoms with Crippen molar-refractivity contribution in [1.29, 1.82) is 0 Å². The summed E-state index contributed by atoms with van der Waals surface area (Å²) in [6, 6.07) is 4.18. The monoisotopic (exact) mass is 275 g/mol. The fourth-order valence-electron chi connectivity index (χ4n) is 2.52. The molecule has 0 spiro atoms. The molecule has 0 saturated heterocycles. The molecule has 0 N–H and O–H groups in total. The van der Waals surface area contributed by atoms with Crippen LogP contribution in [-0.4, -0.2) is 11.3 Å². The summed E-state index contributed by atoms with van der Waals surface area (Å²) in [7, 11) is 0. The van der Waals surface area contributed by atoms with Crippen LogP contribution in [0.3, 0.4) is 0 Å². The van der Waals surface area contributed by atoms with Crippen LogP contribution >= 0.6 is 0 Å². The molecule has 0 atom stereocenters. The maximum atomic E-state index is 10.2. The van der Waals surface area contributed by atoms with E-state index in [1.54, 1.807) is 0 Å². The zero-order valence-corrected chi connectivity index (χ0v) is 12.7. The maximum Gasteiger partial charge on any atom is 0.119 e. The Kier molecular flexibility index (Phi) is 10.8. The van der Waals surface area contributed by atoms with Crippen molar-refractivity contribution in [2.75, 3.05) is 0 Å². The van der Waals surface area contributed by atoms with E-state index in [0.29, 0.717) is 0 Å². The zero-order chi connectivity index (χ0) is 14.3. The summed E-state index contributed by atoms with van der Waals surface area (Å²) in [5.74, 6) is 0. The molecule has 1 rings (SSSR count). The molecular formula is C18H29NO. The summed E-state index contributed by atoms with van der Waals surface area (Å²) in [4.78, 5) is 14.3. The predicted molar refractivity (Wildman–Crippen MR) is 84.8 cm³/mol. The number of rotatable bonds is 13. The fourth-order valence-corrected chi connectivity index (χ4v) is 2.52. The van der Waals surface area contributed by atoms with Crippen LogP contribution in [0.15, 0.2) is 24.5 Å². The Morgan fingerprint density at radius 2 is 1.45 bits per heavy atom. The van der Waals surface area contributed by atoms with E-state index < -0.39 is 0 Å². The summed E-state index contributed by atoms with van der Waals surface area (Å²) < 4.78 is 0. The molecule has 0 aliphatic rings. The summed E-state index contributed by atoms with van der Waals surface area (Å²) in [5, 5.41) is 0. The van der Waals surface area contributed by atoms with Crippen molar-refractivity contribution in [3.8, 4) is 0 Å². The molecule has 1 heterocycles. The maximum absolute atomic E-state index is 10.2. The quantitative estimate of drug-likeness (QED) is 0.369. The van der Waals surface area contributed by atoms with Gasteiger partial charge in [-0.2, -0.15) is 0 Å². The average Bonchev–Trinajstić information content (AvgIpc) is 2.49. The summed E-state index contributed by atoms with van der Waals surface area (Å²) in [5.41, 5.74) is 1.36. The van der Waals surface area contributed by atoms with Gasteiger partial charge in [0.05, 0.1) is 0 Å². The van der Waals surface area contributed by atoms with Crippen LogP contribution in [0.25, 0.3) is 0 Å². The van der Waals surface area contributed by atoms with E-state index in [2.05, 4.69) is 11.1 Å². The van der Waals surface area contributed by atoms with Crippen molar-refractivity contribution in [1.82, 2.24) is 4.98 Å². The summed E-state index contributed by atoms with van der Waals surface area (Å²) in [6.07, 6.45) is 19.8. The highest BCUT2D eigenvalue weighted by atomic mass is 16.1. The Morgan fingerprint density at radius 3 is 2.00 bits per heavy atom. The number of aromatic nitrogens is 1. The summed E-state index contributed by atoms with van der Waals surface area (Å²) >= 11 is 0. The number of hydrogen-bond donors (Lipinski definition) is 0. The van der Waals surface area contributed by atoms with E-state index in [4.69, 9.17) is 0 Å². The third-order valence-electron chi connectivity index (χ3n) is 3.76. The van der Waals surface area contributed by atoms with Gasteiger partial charge in [-0.3, -0.25) is 4.98 Å². The van der Waals surface area contributed by atoms with Crippen molar-refractivity contribution in [3.63, 3.8) is 0 Å². The van der Waals surface area contributed by atoms with Crippen LogP contribution < -0.4 is 0 Å². The third-order valence-corrected chi connectivity index (χ3v) is 3.76. The minimum Gasteiger partial charge on any atom is -0.303 e. The van der Waals surface area contributed by atoms with E-state index in [-0.39, 0.29) is 0 Å². The minimum atomic E-state index is 0.747. The SMILES string of the molecule is O=CCCCCCCCCCCCCc1cccnc1. The molecular weight excluding hydrogens is 246 g/mol. The van der Waals surface area contributed by atoms with Crippen molar-refractivity contribution in [3.05, 3.63) is 30.1 Å². The first-order chi connectivity index (χ1) is 9.93. The molecule has 2 nitrogen and oxygen atoms in total. The van der Waals surface area contributed by atoms with E-state index in [9.17, 15) is 4.79 Å². The first kappa shape index (κ1) is 16.9. The second kappa shape index (κ2) is 12.8. The number of aldehydes is 1. The van der Waals surface area contributed by atoms with Crippen LogP contribution in [0.2, 0.25) is 0 Å². The van der Waals surface area contributed by atoms with Gasteiger partial charge in [0, 0.05) is 18.8 Å². The predicted octanol–water partition coefficient (Wildman–Crippen LogP) is 5.11. The van der Waals surface area contributed by atoms with Gasteiger partial charge in [-0.15, -0.1) is 0 Å². The summed E-state index contributed by atoms with van der Waals surface area (Å²) in [6.45, 7) is 0. The van der Waals surface area contributed by atoms with Gasteiger partial charge in [0.1, 0.15) is 6.29 Å². The minimum absolute atomic E-state index is 0.747. The molecule has 20 heavy (non-hydrogen) atoms. The lowest BCUT2D eigenvalue weighted by atomic mass is 10.0. The fraction of sp³-hybridized carbons (Fsp3) is 0.667. The molecule has 0 bridgehead atoms. The third kappa shape index (κ3) is 9.71. The molecule has 0 aromatic carbocycles. The van der Waals surface area contributed by atoms with Gasteiger partial charge < -0.3 is 4.79 Å². The smallest absolute Gasteiger partial charge is 0.119 e. The second-order valence-electron chi connectivity index (χ2n) is 5.60. The van der Waals surface area contributed by atoms with Gasteiger partial charge in [-0.25, -0.2) is 0 Å². The second-order valence-corrected chi connectivity index (χ2v) is 5.60. The Morgan fingerprint density at radius 1 is 0.850 bits per heavy atom. The highest BCUT2D eigenvalue weighted by Gasteiger charge is 1.95. The molecule has 112 valence electrons. The molecule has 1 aromatic heterocycles. The van der Waals surface area contributed by atoms with Crippen LogP contribution in [-0.2, 0) is 11.2 Å². The zero-order valence-electron chi connectivity index (χ0n) is 12.7. The van der Waals surface area contributed by atoms with Gasteiger partial charge >= 0.3 is 0 Å². The lowest BCUT2D eigenvalue weighted by molar-refractivity contribution is -0.107. The Bertz CT molecular complexity index is 323. The van der Waals surface area contributed by atoms with E-state index in [1.165, 1.54) is 69.8 Å². The number of pyridine rings is 1. The van der Waals surface area contributed by atoms with Crippen molar-refractivity contribution in [2.45, 2.75) is 77.0 Å². The standard InChI is InChI=1S/C18H29NO/c20-16-11-9-7-5-3-1-2-4-6-8-10-13-18-14-12-15-19-17-18/h12,14-17H,1-11,13H2. The van der Waals surface area contributed by atoms with Crippen molar-refractivity contribution >= 4 is 6.29 Å². The molecule has 0 radical (unpaired) electrons. The van der Waals surface area contributed by atoms with E-state index >= 15 is 0 Å². The van der Waals surface area contributed by atoms with Crippen molar-refractivity contribution in [2.24, 2.45) is 0 Å². The number of carbonyl (C=O) groups is 1. The van der Waals surface area contributed by atoms with E-state index in [1.807, 2.05) is 18.5 Å². The molecule has 1 aromatic rings.